The first-order chi connectivity index (χ1) is 25.2. The van der Waals surface area contributed by atoms with E-state index in [1.807, 2.05) is 78.9 Å². The number of carbonyl (C=O) groups excluding carboxylic acids is 1. The summed E-state index contributed by atoms with van der Waals surface area (Å²) in [6, 6.07) is 30.6. The Morgan fingerprint density at radius 2 is 1.54 bits per heavy atom. The van der Waals surface area contributed by atoms with Crippen LogP contribution in [0.2, 0.25) is 0 Å². The number of aliphatic carboxylic acids is 1. The molecule has 3 atom stereocenters. The summed E-state index contributed by atoms with van der Waals surface area (Å²) >= 11 is 0. The number of amides is 1. The first kappa shape index (κ1) is 36.6. The number of carboxylic acids is 1. The first-order valence-corrected chi connectivity index (χ1v) is 17.6. The molecule has 12 nitrogen and oxygen atoms in total. The molecular weight excluding hydrogens is 664 g/mol. The molecule has 3 N–H and O–H groups in total. The predicted octanol–water partition coefficient (Wildman–Crippen LogP) is 5.99. The third-order valence-corrected chi connectivity index (χ3v) is 9.58. The van der Waals surface area contributed by atoms with Crippen molar-refractivity contribution in [2.75, 3.05) is 37.6 Å². The van der Waals surface area contributed by atoms with Gasteiger partial charge in [0.05, 0.1) is 23.7 Å². The number of nitrogens with zero attached hydrogens (tertiary/aromatic N) is 3. The van der Waals surface area contributed by atoms with E-state index in [0.29, 0.717) is 19.4 Å². The molecule has 0 bridgehead atoms. The van der Waals surface area contributed by atoms with Crippen LogP contribution < -0.4 is 10.2 Å². The van der Waals surface area contributed by atoms with Gasteiger partial charge >= 0.3 is 5.97 Å². The lowest BCUT2D eigenvalue weighted by Gasteiger charge is -2.41. The average molecular weight is 709 g/mol. The van der Waals surface area contributed by atoms with Crippen molar-refractivity contribution in [3.8, 4) is 11.1 Å². The maximum absolute atomic E-state index is 12.2. The van der Waals surface area contributed by atoms with E-state index in [-0.39, 0.29) is 48.2 Å². The van der Waals surface area contributed by atoms with Crippen LogP contribution >= 0.6 is 0 Å². The highest BCUT2D eigenvalue weighted by Gasteiger charge is 2.34. The number of nitrogens with one attached hydrogen (secondary N) is 1. The number of ether oxygens (including phenoxy) is 2. The number of aliphatic hydroxyl groups excluding tert-OH is 1. The number of aliphatic hydroxyl groups is 1. The van der Waals surface area contributed by atoms with Gasteiger partial charge in [-0.05, 0) is 58.5 Å². The van der Waals surface area contributed by atoms with Crippen LogP contribution in [0.3, 0.4) is 0 Å². The molecule has 1 amide bonds. The minimum Gasteiger partial charge on any atom is -0.481 e. The van der Waals surface area contributed by atoms with E-state index in [9.17, 15) is 24.8 Å². The number of rotatable bonds is 14. The molecule has 12 heteroatoms. The number of anilines is 1. The SMILES string of the molecule is O=C(O)CCCC(=O)NCc1cccc(-c2cccc(C3OC(CN4CCN(c5ccc([N+](=O)[O-])cc5)CC4)CC(c4ccc(CO)cc4)O3)c2)c1. The topological polar surface area (TPSA) is 155 Å². The summed E-state index contributed by atoms with van der Waals surface area (Å²) in [5.41, 5.74) is 6.69. The Labute approximate surface area is 302 Å². The molecule has 52 heavy (non-hydrogen) atoms. The Bertz CT molecular complexity index is 1830. The summed E-state index contributed by atoms with van der Waals surface area (Å²) in [6.45, 7) is 4.29. The van der Waals surface area contributed by atoms with Crippen molar-refractivity contribution in [3.63, 3.8) is 0 Å². The van der Waals surface area contributed by atoms with Crippen LogP contribution in [0.4, 0.5) is 11.4 Å². The van der Waals surface area contributed by atoms with Gasteiger partial charge in [0.15, 0.2) is 6.29 Å². The normalized spacial score (nSPS) is 19.2. The van der Waals surface area contributed by atoms with Gasteiger partial charge in [0, 0.05) is 81.9 Å². The summed E-state index contributed by atoms with van der Waals surface area (Å²) in [7, 11) is 0. The second-order valence-electron chi connectivity index (χ2n) is 13.3. The van der Waals surface area contributed by atoms with E-state index in [1.54, 1.807) is 12.1 Å². The standard InChI is InChI=1S/C40H44N4O8/c45-27-28-10-12-30(13-11-28)37-24-36(26-42-18-20-43(21-19-42)34-14-16-35(17-15-34)44(49)50)51-40(52-37)33-7-2-6-32(23-33)31-5-1-4-29(22-31)25-41-38(46)8-3-9-39(47)48/h1-2,4-7,10-17,22-23,36-37,40,45H,3,8-9,18-21,24-27H2,(H,41,46)(H,47,48). The number of hydrogen-bond donors (Lipinski definition) is 3. The van der Waals surface area contributed by atoms with Crippen LogP contribution in [-0.4, -0.2) is 70.7 Å². The lowest BCUT2D eigenvalue weighted by Crippen LogP contribution is -2.49. The number of benzene rings is 4. The monoisotopic (exact) mass is 708 g/mol. The maximum Gasteiger partial charge on any atom is 0.303 e. The van der Waals surface area contributed by atoms with Crippen molar-refractivity contribution >= 4 is 23.3 Å². The summed E-state index contributed by atoms with van der Waals surface area (Å²) in [5.74, 6) is -1.09. The fraction of sp³-hybridized carbons (Fsp3) is 0.350. The molecule has 4 aromatic rings. The van der Waals surface area contributed by atoms with Crippen LogP contribution in [0.25, 0.3) is 11.1 Å². The Hall–Kier alpha value is -5.14. The van der Waals surface area contributed by atoms with Crippen molar-refractivity contribution in [2.24, 2.45) is 0 Å². The molecule has 2 aliphatic heterocycles. The summed E-state index contributed by atoms with van der Waals surface area (Å²) in [6.07, 6.45) is 0.158. The van der Waals surface area contributed by atoms with E-state index >= 15 is 0 Å². The number of non-ortho nitro benzene ring substituents is 1. The Morgan fingerprint density at radius 1 is 0.827 bits per heavy atom. The third kappa shape index (κ3) is 9.80. The van der Waals surface area contributed by atoms with Crippen LogP contribution in [0.1, 0.15) is 60.3 Å². The minimum absolute atomic E-state index is 0.0286. The van der Waals surface area contributed by atoms with E-state index in [1.165, 1.54) is 0 Å². The highest BCUT2D eigenvalue weighted by Crippen LogP contribution is 2.39. The zero-order valence-electron chi connectivity index (χ0n) is 28.9. The second kappa shape index (κ2) is 17.4. The van der Waals surface area contributed by atoms with E-state index in [2.05, 4.69) is 21.2 Å². The van der Waals surface area contributed by atoms with Crippen molar-refractivity contribution in [2.45, 2.75) is 57.3 Å². The van der Waals surface area contributed by atoms with Gasteiger partial charge in [0.1, 0.15) is 0 Å². The molecule has 2 fully saturated rings. The number of carbonyl (C=O) groups is 2. The van der Waals surface area contributed by atoms with Gasteiger partial charge in [0.2, 0.25) is 5.91 Å². The van der Waals surface area contributed by atoms with Gasteiger partial charge < -0.3 is 29.9 Å². The molecule has 272 valence electrons. The van der Waals surface area contributed by atoms with Gasteiger partial charge in [-0.1, -0.05) is 60.7 Å². The number of nitro groups is 1. The van der Waals surface area contributed by atoms with Crippen LogP contribution in [-0.2, 0) is 32.2 Å². The molecule has 2 heterocycles. The third-order valence-electron chi connectivity index (χ3n) is 9.58. The van der Waals surface area contributed by atoms with Gasteiger partial charge in [-0.2, -0.15) is 0 Å². The molecule has 6 rings (SSSR count). The Morgan fingerprint density at radius 3 is 2.23 bits per heavy atom. The fourth-order valence-electron chi connectivity index (χ4n) is 6.71. The van der Waals surface area contributed by atoms with E-state index < -0.39 is 12.3 Å². The average Bonchev–Trinajstić information content (AvgIpc) is 3.17. The number of hydrogen-bond acceptors (Lipinski definition) is 9. The highest BCUT2D eigenvalue weighted by molar-refractivity contribution is 5.76. The first-order valence-electron chi connectivity index (χ1n) is 17.6. The summed E-state index contributed by atoms with van der Waals surface area (Å²) < 4.78 is 13.3. The summed E-state index contributed by atoms with van der Waals surface area (Å²) in [4.78, 5) is 38.3. The van der Waals surface area contributed by atoms with Crippen molar-refractivity contribution in [1.82, 2.24) is 10.2 Å². The molecule has 0 aliphatic carbocycles. The Balaban J connectivity index is 1.13. The smallest absolute Gasteiger partial charge is 0.303 e. The molecule has 0 radical (unpaired) electrons. The second-order valence-corrected chi connectivity index (χ2v) is 13.3. The molecule has 4 aromatic carbocycles. The quantitative estimate of drug-likeness (QED) is 0.105. The maximum atomic E-state index is 12.2. The largest absolute Gasteiger partial charge is 0.481 e. The number of nitro benzene ring substituents is 1. The highest BCUT2D eigenvalue weighted by atomic mass is 16.7. The Kier molecular flexibility index (Phi) is 12.3. The minimum atomic E-state index is -0.911. The molecule has 3 unspecified atom stereocenters. The molecule has 0 saturated carbocycles. The van der Waals surface area contributed by atoms with Crippen molar-refractivity contribution in [1.29, 1.82) is 0 Å². The number of piperazine rings is 1. The zero-order chi connectivity index (χ0) is 36.5. The molecule has 0 aromatic heterocycles. The van der Waals surface area contributed by atoms with Crippen LogP contribution in [0.5, 0.6) is 0 Å². The number of carboxylic acid groups (broad SMARTS) is 1. The van der Waals surface area contributed by atoms with E-state index in [0.717, 1.165) is 71.8 Å². The van der Waals surface area contributed by atoms with Crippen molar-refractivity contribution < 1.29 is 34.2 Å². The van der Waals surface area contributed by atoms with Gasteiger partial charge in [-0.25, -0.2) is 0 Å². The zero-order valence-corrected chi connectivity index (χ0v) is 28.9. The molecule has 2 saturated heterocycles. The van der Waals surface area contributed by atoms with Gasteiger partial charge in [-0.3, -0.25) is 24.6 Å². The van der Waals surface area contributed by atoms with E-state index in [4.69, 9.17) is 14.6 Å². The molecule has 2 aliphatic rings. The van der Waals surface area contributed by atoms with Crippen LogP contribution in [0.15, 0.2) is 97.1 Å². The lowest BCUT2D eigenvalue weighted by atomic mass is 9.98. The molecular formula is C40H44N4O8. The lowest BCUT2D eigenvalue weighted by molar-refractivity contribution is -0.384. The van der Waals surface area contributed by atoms with Gasteiger partial charge in [-0.15, -0.1) is 0 Å². The predicted molar refractivity (Wildman–Crippen MR) is 195 cm³/mol. The summed E-state index contributed by atoms with van der Waals surface area (Å²) in [5, 5.41) is 32.4. The van der Waals surface area contributed by atoms with Crippen molar-refractivity contribution in [3.05, 3.63) is 129 Å². The van der Waals surface area contributed by atoms with Gasteiger partial charge in [0.25, 0.3) is 5.69 Å². The fourth-order valence-corrected chi connectivity index (χ4v) is 6.71. The van der Waals surface area contributed by atoms with Crippen LogP contribution in [0, 0.1) is 10.1 Å². The molecule has 0 spiro atoms.